The van der Waals surface area contributed by atoms with E-state index in [1.807, 2.05) is 0 Å². The van der Waals surface area contributed by atoms with Gasteiger partial charge in [-0.2, -0.15) is 0 Å². The lowest BCUT2D eigenvalue weighted by Gasteiger charge is -2.11. The van der Waals surface area contributed by atoms with Crippen molar-refractivity contribution in [2.24, 2.45) is 0 Å². The third-order valence-electron chi connectivity index (χ3n) is 1.35. The molecule has 0 aliphatic carbocycles. The first-order valence-corrected chi connectivity index (χ1v) is 4.96. The minimum atomic E-state index is -4.72. The lowest BCUT2D eigenvalue weighted by atomic mass is 10.3. The van der Waals surface area contributed by atoms with E-state index in [1.165, 1.54) is 6.92 Å². The van der Waals surface area contributed by atoms with Gasteiger partial charge >= 0.3 is 6.36 Å². The van der Waals surface area contributed by atoms with E-state index in [1.54, 1.807) is 6.07 Å². The SMILES string of the molecule is Cc1c(Br)cc(Br)nc1OC(F)(F)F. The fourth-order valence-electron chi connectivity index (χ4n) is 0.737. The Balaban J connectivity index is 3.09. The van der Waals surface area contributed by atoms with Gasteiger partial charge in [-0.25, -0.2) is 4.98 Å². The van der Waals surface area contributed by atoms with Crippen molar-refractivity contribution in [3.05, 3.63) is 20.7 Å². The summed E-state index contributed by atoms with van der Waals surface area (Å²) in [6.07, 6.45) is -4.72. The summed E-state index contributed by atoms with van der Waals surface area (Å²) < 4.78 is 40.2. The molecule has 2 nitrogen and oxygen atoms in total. The summed E-state index contributed by atoms with van der Waals surface area (Å²) >= 11 is 6.05. The van der Waals surface area contributed by atoms with E-state index in [4.69, 9.17) is 0 Å². The predicted molar refractivity (Wildman–Crippen MR) is 51.1 cm³/mol. The monoisotopic (exact) mass is 333 g/mol. The Labute approximate surface area is 94.7 Å². The molecule has 0 saturated heterocycles. The van der Waals surface area contributed by atoms with E-state index >= 15 is 0 Å². The first kappa shape index (κ1) is 11.8. The van der Waals surface area contributed by atoms with E-state index in [2.05, 4.69) is 41.6 Å². The van der Waals surface area contributed by atoms with Gasteiger partial charge in [-0.3, -0.25) is 0 Å². The minimum Gasteiger partial charge on any atom is -0.388 e. The number of aromatic nitrogens is 1. The summed E-state index contributed by atoms with van der Waals surface area (Å²) in [4.78, 5) is 3.56. The maximum absolute atomic E-state index is 11.9. The van der Waals surface area contributed by atoms with Crippen LogP contribution in [0.25, 0.3) is 0 Å². The van der Waals surface area contributed by atoms with Gasteiger partial charge in [0, 0.05) is 10.0 Å². The van der Waals surface area contributed by atoms with Crippen LogP contribution in [-0.4, -0.2) is 11.3 Å². The zero-order valence-electron chi connectivity index (χ0n) is 6.82. The molecule has 1 rings (SSSR count). The number of nitrogens with zero attached hydrogens (tertiary/aromatic N) is 1. The van der Waals surface area contributed by atoms with E-state index in [0.29, 0.717) is 10.0 Å². The Hall–Kier alpha value is -0.300. The molecule has 1 heterocycles. The Morgan fingerprint density at radius 2 is 1.93 bits per heavy atom. The second kappa shape index (κ2) is 4.06. The maximum Gasteiger partial charge on any atom is 0.574 e. The number of rotatable bonds is 1. The van der Waals surface area contributed by atoms with Crippen molar-refractivity contribution in [1.82, 2.24) is 4.98 Å². The molecule has 0 aliphatic heterocycles. The van der Waals surface area contributed by atoms with Crippen molar-refractivity contribution in [3.8, 4) is 5.88 Å². The molecule has 0 fully saturated rings. The van der Waals surface area contributed by atoms with Crippen molar-refractivity contribution in [2.75, 3.05) is 0 Å². The maximum atomic E-state index is 11.9. The van der Waals surface area contributed by atoms with Crippen molar-refractivity contribution in [1.29, 1.82) is 0 Å². The Bertz CT molecular complexity index is 354. The van der Waals surface area contributed by atoms with Gasteiger partial charge in [0.05, 0.1) is 0 Å². The van der Waals surface area contributed by atoms with Crippen LogP contribution in [0.3, 0.4) is 0 Å². The van der Waals surface area contributed by atoms with Gasteiger partial charge in [-0.15, -0.1) is 13.2 Å². The second-order valence-electron chi connectivity index (χ2n) is 2.40. The summed E-state index contributed by atoms with van der Waals surface area (Å²) in [5, 5.41) is 0. The average molecular weight is 335 g/mol. The van der Waals surface area contributed by atoms with Crippen molar-refractivity contribution in [3.63, 3.8) is 0 Å². The minimum absolute atomic E-state index is 0.272. The van der Waals surface area contributed by atoms with Crippen LogP contribution in [0.15, 0.2) is 15.1 Å². The van der Waals surface area contributed by atoms with Crippen LogP contribution in [0.2, 0.25) is 0 Å². The van der Waals surface area contributed by atoms with Crippen molar-refractivity contribution < 1.29 is 17.9 Å². The van der Waals surface area contributed by atoms with Gasteiger partial charge < -0.3 is 4.74 Å². The fourth-order valence-corrected chi connectivity index (χ4v) is 1.82. The van der Waals surface area contributed by atoms with Gasteiger partial charge in [0.25, 0.3) is 0 Å². The highest BCUT2D eigenvalue weighted by Crippen LogP contribution is 2.30. The number of halogens is 5. The van der Waals surface area contributed by atoms with Gasteiger partial charge in [0.1, 0.15) is 4.60 Å². The van der Waals surface area contributed by atoms with Gasteiger partial charge in [-0.05, 0) is 28.9 Å². The van der Waals surface area contributed by atoms with E-state index in [9.17, 15) is 13.2 Å². The van der Waals surface area contributed by atoms with Crippen LogP contribution in [0.1, 0.15) is 5.56 Å². The van der Waals surface area contributed by atoms with Crippen molar-refractivity contribution >= 4 is 31.9 Å². The molecule has 78 valence electrons. The molecule has 0 N–H and O–H groups in total. The summed E-state index contributed by atoms with van der Waals surface area (Å²) in [5.74, 6) is -0.459. The van der Waals surface area contributed by atoms with Crippen LogP contribution in [-0.2, 0) is 0 Å². The third-order valence-corrected chi connectivity index (χ3v) is 2.58. The van der Waals surface area contributed by atoms with E-state index in [-0.39, 0.29) is 4.60 Å². The molecule has 0 unspecified atom stereocenters. The number of hydrogen-bond acceptors (Lipinski definition) is 2. The largest absolute Gasteiger partial charge is 0.574 e. The van der Waals surface area contributed by atoms with Crippen LogP contribution >= 0.6 is 31.9 Å². The molecule has 0 aromatic carbocycles. The summed E-state index contributed by atoms with van der Waals surface area (Å²) in [7, 11) is 0. The molecule has 0 bridgehead atoms. The zero-order chi connectivity index (χ0) is 10.9. The van der Waals surface area contributed by atoms with Crippen LogP contribution in [0, 0.1) is 6.92 Å². The number of pyridine rings is 1. The Morgan fingerprint density at radius 3 is 2.43 bits per heavy atom. The standard InChI is InChI=1S/C7H4Br2F3NO/c1-3-4(8)2-5(9)13-6(3)14-7(10,11)12/h2H,1H3. The fraction of sp³-hybridized carbons (Fsp3) is 0.286. The van der Waals surface area contributed by atoms with Gasteiger partial charge in [-0.1, -0.05) is 15.9 Å². The molecule has 0 radical (unpaired) electrons. The van der Waals surface area contributed by atoms with E-state index < -0.39 is 12.2 Å². The number of ether oxygens (including phenoxy) is 1. The first-order chi connectivity index (χ1) is 6.29. The Kier molecular flexibility index (Phi) is 3.41. The highest BCUT2D eigenvalue weighted by molar-refractivity contribution is 9.11. The number of alkyl halides is 3. The molecular weight excluding hydrogens is 331 g/mol. The second-order valence-corrected chi connectivity index (χ2v) is 4.07. The molecule has 0 saturated carbocycles. The molecule has 0 aliphatic rings. The molecule has 0 amide bonds. The molecule has 0 spiro atoms. The summed E-state index contributed by atoms with van der Waals surface area (Å²) in [6, 6.07) is 1.54. The zero-order valence-corrected chi connectivity index (χ0v) is 9.99. The van der Waals surface area contributed by atoms with Crippen molar-refractivity contribution in [2.45, 2.75) is 13.3 Å². The van der Waals surface area contributed by atoms with E-state index in [0.717, 1.165) is 0 Å². The van der Waals surface area contributed by atoms with Crippen LogP contribution in [0.4, 0.5) is 13.2 Å². The molecule has 7 heteroatoms. The summed E-state index contributed by atoms with van der Waals surface area (Å²) in [5.41, 5.74) is 0.297. The topological polar surface area (TPSA) is 22.1 Å². The van der Waals surface area contributed by atoms with Gasteiger partial charge in [0.15, 0.2) is 0 Å². The lowest BCUT2D eigenvalue weighted by Crippen LogP contribution is -2.18. The predicted octanol–water partition coefficient (Wildman–Crippen LogP) is 3.81. The summed E-state index contributed by atoms with van der Waals surface area (Å²) in [6.45, 7) is 1.48. The number of hydrogen-bond donors (Lipinski definition) is 0. The average Bonchev–Trinajstić information content (AvgIpc) is 1.96. The quantitative estimate of drug-likeness (QED) is 0.728. The highest BCUT2D eigenvalue weighted by atomic mass is 79.9. The smallest absolute Gasteiger partial charge is 0.388 e. The highest BCUT2D eigenvalue weighted by Gasteiger charge is 2.32. The molecule has 1 aromatic rings. The molecule has 0 atom stereocenters. The normalized spacial score (nSPS) is 11.6. The molecular formula is C7H4Br2F3NO. The first-order valence-electron chi connectivity index (χ1n) is 3.38. The van der Waals surface area contributed by atoms with Gasteiger partial charge in [0.2, 0.25) is 5.88 Å². The lowest BCUT2D eigenvalue weighted by molar-refractivity contribution is -0.276. The Morgan fingerprint density at radius 1 is 1.36 bits per heavy atom. The van der Waals surface area contributed by atoms with Crippen LogP contribution < -0.4 is 4.74 Å². The van der Waals surface area contributed by atoms with Crippen LogP contribution in [0.5, 0.6) is 5.88 Å². The third kappa shape index (κ3) is 3.13. The molecule has 1 aromatic heterocycles. The molecule has 14 heavy (non-hydrogen) atoms.